The predicted molar refractivity (Wildman–Crippen MR) is 132 cm³/mol. The van der Waals surface area contributed by atoms with Crippen molar-refractivity contribution in [1.82, 2.24) is 9.97 Å². The number of aromatic nitrogens is 2. The number of carbonyl (C=O) groups excluding carboxylic acids is 2. The number of carbonyl (C=O) groups is 2. The van der Waals surface area contributed by atoms with E-state index >= 15 is 0 Å². The summed E-state index contributed by atoms with van der Waals surface area (Å²) in [5, 5.41) is 3.55. The van der Waals surface area contributed by atoms with E-state index in [2.05, 4.69) is 9.97 Å². The van der Waals surface area contributed by atoms with Crippen LogP contribution in [-0.2, 0) is 12.8 Å². The van der Waals surface area contributed by atoms with Crippen LogP contribution in [0, 0.1) is 0 Å². The van der Waals surface area contributed by atoms with E-state index in [-0.39, 0.29) is 17.9 Å². The molecule has 2 aliphatic rings. The average Bonchev–Trinajstić information content (AvgIpc) is 3.32. The van der Waals surface area contributed by atoms with Crippen molar-refractivity contribution in [3.63, 3.8) is 0 Å². The highest BCUT2D eigenvalue weighted by Crippen LogP contribution is 2.39. The van der Waals surface area contributed by atoms with Crippen LogP contribution in [0.1, 0.15) is 51.4 Å². The zero-order chi connectivity index (χ0) is 24.4. The molecule has 4 nitrogen and oxygen atoms in total. The second-order valence-corrected chi connectivity index (χ2v) is 10.1. The molecule has 2 aliphatic carbocycles. The second-order valence-electron chi connectivity index (χ2n) is 8.39. The standard InChI is InChI=1S/C12H7Cl2F2NO.C12H9Cl2NO/c13-5-3-7-6-1-2-12(15,16)11(18)10(6)17-9(7)8(14)4-5;13-6-4-8-7-2-1-3-10(16)12(7)15-11(8)9(14)5-6/h3-4,17H,1-2H2;4-5,15H,1-3H2. The van der Waals surface area contributed by atoms with Crippen LogP contribution >= 0.6 is 46.4 Å². The van der Waals surface area contributed by atoms with Crippen LogP contribution in [-0.4, -0.2) is 27.5 Å². The number of Topliss-reactive ketones (excluding diaryl/α,β-unsaturated/α-hetero) is 2. The fourth-order valence-electron chi connectivity index (χ4n) is 4.63. The van der Waals surface area contributed by atoms with Crippen molar-refractivity contribution in [3.8, 4) is 0 Å². The molecule has 0 radical (unpaired) electrons. The molecule has 176 valence electrons. The monoisotopic (exact) mass is 542 g/mol. The number of aryl methyl sites for hydroxylation is 2. The first-order valence-electron chi connectivity index (χ1n) is 10.5. The molecule has 2 N–H and O–H groups in total. The van der Waals surface area contributed by atoms with Gasteiger partial charge in [-0.1, -0.05) is 46.4 Å². The fourth-order valence-corrected chi connectivity index (χ4v) is 5.71. The molecule has 34 heavy (non-hydrogen) atoms. The van der Waals surface area contributed by atoms with E-state index in [9.17, 15) is 18.4 Å². The van der Waals surface area contributed by atoms with Gasteiger partial charge in [-0.25, -0.2) is 0 Å². The summed E-state index contributed by atoms with van der Waals surface area (Å²) in [6, 6.07) is 6.71. The largest absolute Gasteiger partial charge is 0.351 e. The summed E-state index contributed by atoms with van der Waals surface area (Å²) < 4.78 is 26.7. The molecular weight excluding hydrogens is 528 g/mol. The van der Waals surface area contributed by atoms with Crippen molar-refractivity contribution in [3.05, 3.63) is 66.9 Å². The Morgan fingerprint density at radius 3 is 1.85 bits per heavy atom. The summed E-state index contributed by atoms with van der Waals surface area (Å²) >= 11 is 23.9. The number of hydrogen-bond donors (Lipinski definition) is 2. The molecule has 0 fully saturated rings. The summed E-state index contributed by atoms with van der Waals surface area (Å²) in [6.45, 7) is 0. The first-order valence-corrected chi connectivity index (χ1v) is 12.0. The topological polar surface area (TPSA) is 65.7 Å². The number of H-pyrrole nitrogens is 2. The van der Waals surface area contributed by atoms with Crippen LogP contribution in [0.2, 0.25) is 20.1 Å². The highest BCUT2D eigenvalue weighted by molar-refractivity contribution is 6.39. The highest BCUT2D eigenvalue weighted by atomic mass is 35.5. The third-order valence-electron chi connectivity index (χ3n) is 6.22. The lowest BCUT2D eigenvalue weighted by Crippen LogP contribution is -2.34. The first kappa shape index (κ1) is 23.6. The van der Waals surface area contributed by atoms with E-state index in [1.165, 1.54) is 6.07 Å². The highest BCUT2D eigenvalue weighted by Gasteiger charge is 2.45. The maximum Gasteiger partial charge on any atom is 0.311 e. The van der Waals surface area contributed by atoms with Crippen LogP contribution in [0.5, 0.6) is 0 Å². The molecule has 0 unspecified atom stereocenters. The van der Waals surface area contributed by atoms with Crippen LogP contribution in [0.3, 0.4) is 0 Å². The molecule has 0 spiro atoms. The Balaban J connectivity index is 0.000000142. The number of rotatable bonds is 0. The number of ketones is 2. The quantitative estimate of drug-likeness (QED) is 0.234. The summed E-state index contributed by atoms with van der Waals surface area (Å²) in [6.07, 6.45) is 2.09. The molecule has 0 amide bonds. The molecule has 2 heterocycles. The number of aromatic amines is 2. The zero-order valence-corrected chi connectivity index (χ0v) is 20.5. The number of alkyl halides is 2. The Kier molecular flexibility index (Phi) is 5.92. The number of nitrogens with one attached hydrogen (secondary N) is 2. The Labute approximate surface area is 212 Å². The Morgan fingerprint density at radius 1 is 0.735 bits per heavy atom. The van der Waals surface area contributed by atoms with Gasteiger partial charge in [0.2, 0.25) is 5.78 Å². The summed E-state index contributed by atoms with van der Waals surface area (Å²) in [5.41, 5.74) is 3.61. The molecule has 0 saturated carbocycles. The van der Waals surface area contributed by atoms with Gasteiger partial charge >= 0.3 is 5.92 Å². The third kappa shape index (κ3) is 3.91. The fraction of sp³-hybridized carbons (Fsp3) is 0.250. The molecule has 0 bridgehead atoms. The summed E-state index contributed by atoms with van der Waals surface area (Å²) in [5.74, 6) is -4.30. The lowest BCUT2D eigenvalue weighted by molar-refractivity contribution is 0.00168. The summed E-state index contributed by atoms with van der Waals surface area (Å²) in [7, 11) is 0. The number of fused-ring (bicyclic) bond motifs is 6. The minimum absolute atomic E-state index is 0.0505. The van der Waals surface area contributed by atoms with E-state index in [1.54, 1.807) is 12.1 Å². The maximum absolute atomic E-state index is 13.4. The van der Waals surface area contributed by atoms with E-state index in [0.717, 1.165) is 29.3 Å². The zero-order valence-electron chi connectivity index (χ0n) is 17.4. The molecule has 6 rings (SSSR count). The van der Waals surface area contributed by atoms with Crippen molar-refractivity contribution < 1.29 is 18.4 Å². The second kappa shape index (κ2) is 8.52. The van der Waals surface area contributed by atoms with Crippen LogP contribution in [0.4, 0.5) is 8.78 Å². The molecule has 0 atom stereocenters. The number of halogens is 6. The molecule has 10 heteroatoms. The van der Waals surface area contributed by atoms with Gasteiger partial charge < -0.3 is 9.97 Å². The van der Waals surface area contributed by atoms with Crippen molar-refractivity contribution in [2.75, 3.05) is 0 Å². The van der Waals surface area contributed by atoms with Gasteiger partial charge in [-0.05, 0) is 54.7 Å². The minimum Gasteiger partial charge on any atom is -0.351 e. The number of benzene rings is 2. The Hall–Kier alpha value is -2.12. The van der Waals surface area contributed by atoms with Gasteiger partial charge in [-0.2, -0.15) is 8.78 Å². The normalized spacial score (nSPS) is 16.9. The van der Waals surface area contributed by atoms with Gasteiger partial charge in [0.1, 0.15) is 0 Å². The van der Waals surface area contributed by atoms with Crippen molar-refractivity contribution in [1.29, 1.82) is 0 Å². The van der Waals surface area contributed by atoms with Crippen LogP contribution < -0.4 is 0 Å². The molecular formula is C24H16Cl4F2N2O2. The van der Waals surface area contributed by atoms with Crippen LogP contribution in [0.25, 0.3) is 21.8 Å². The van der Waals surface area contributed by atoms with Gasteiger partial charge in [0.15, 0.2) is 5.78 Å². The minimum atomic E-state index is -3.30. The van der Waals surface area contributed by atoms with Crippen molar-refractivity contribution in [2.45, 2.75) is 38.0 Å². The van der Waals surface area contributed by atoms with Crippen LogP contribution in [0.15, 0.2) is 24.3 Å². The Morgan fingerprint density at radius 2 is 1.26 bits per heavy atom. The lowest BCUT2D eigenvalue weighted by atomic mass is 9.92. The van der Waals surface area contributed by atoms with Crippen molar-refractivity contribution >= 4 is 79.8 Å². The first-order chi connectivity index (χ1) is 16.1. The summed E-state index contributed by atoms with van der Waals surface area (Å²) in [4.78, 5) is 29.2. The SMILES string of the molecule is O=C1CCCc2c1[nH]c1c(Cl)cc(Cl)cc21.O=C1c2[nH]c3c(Cl)cc(Cl)cc3c2CCC1(F)F. The average molecular weight is 544 g/mol. The van der Waals surface area contributed by atoms with E-state index in [4.69, 9.17) is 46.4 Å². The van der Waals surface area contributed by atoms with Gasteiger partial charge in [-0.3, -0.25) is 9.59 Å². The maximum atomic E-state index is 13.4. The van der Waals surface area contributed by atoms with Gasteiger partial charge in [0.25, 0.3) is 0 Å². The lowest BCUT2D eigenvalue weighted by Gasteiger charge is -2.20. The predicted octanol–water partition coefficient (Wildman–Crippen LogP) is 8.23. The van der Waals surface area contributed by atoms with Crippen molar-refractivity contribution in [2.24, 2.45) is 0 Å². The Bertz CT molecular complexity index is 1510. The van der Waals surface area contributed by atoms with E-state index in [0.29, 0.717) is 48.7 Å². The smallest absolute Gasteiger partial charge is 0.311 e. The van der Waals surface area contributed by atoms with E-state index in [1.807, 2.05) is 6.07 Å². The number of hydrogen-bond acceptors (Lipinski definition) is 2. The molecule has 0 aliphatic heterocycles. The van der Waals surface area contributed by atoms with Gasteiger partial charge in [-0.15, -0.1) is 0 Å². The third-order valence-corrected chi connectivity index (χ3v) is 7.25. The molecule has 2 aromatic heterocycles. The molecule has 4 aromatic rings. The van der Waals surface area contributed by atoms with Gasteiger partial charge in [0, 0.05) is 33.7 Å². The van der Waals surface area contributed by atoms with Gasteiger partial charge in [0.05, 0.1) is 32.5 Å². The molecule has 0 saturated heterocycles. The molecule has 2 aromatic carbocycles. The van der Waals surface area contributed by atoms with E-state index < -0.39 is 18.1 Å².